The summed E-state index contributed by atoms with van der Waals surface area (Å²) < 4.78 is 70.1. The van der Waals surface area contributed by atoms with Crippen molar-refractivity contribution < 1.29 is 26.3 Å². The molecule has 164 valence electrons. The molecule has 10 heteroatoms. The molecular formula is C20H24F3N3O3S. The van der Waals surface area contributed by atoms with E-state index in [9.17, 15) is 21.6 Å². The van der Waals surface area contributed by atoms with Crippen LogP contribution < -0.4 is 4.74 Å². The first-order chi connectivity index (χ1) is 14.0. The third kappa shape index (κ3) is 4.07. The number of aryl methyl sites for hydroxylation is 2. The van der Waals surface area contributed by atoms with Gasteiger partial charge in [-0.05, 0) is 63.8 Å². The Kier molecular flexibility index (Phi) is 5.34. The molecule has 6 nitrogen and oxygen atoms in total. The molecule has 2 aliphatic heterocycles. The lowest BCUT2D eigenvalue weighted by Gasteiger charge is -2.38. The van der Waals surface area contributed by atoms with Crippen LogP contribution in [-0.4, -0.2) is 47.6 Å². The van der Waals surface area contributed by atoms with Crippen molar-refractivity contribution >= 4 is 9.84 Å². The van der Waals surface area contributed by atoms with Crippen molar-refractivity contribution in [2.75, 3.05) is 5.88 Å². The zero-order valence-corrected chi connectivity index (χ0v) is 17.6. The normalized spacial score (nSPS) is 24.9. The molecule has 2 aromatic rings. The maximum atomic E-state index is 13.0. The molecule has 1 aromatic heterocycles. The highest BCUT2D eigenvalue weighted by molar-refractivity contribution is 7.91. The van der Waals surface area contributed by atoms with Gasteiger partial charge in [0, 0.05) is 12.1 Å². The lowest BCUT2D eigenvalue weighted by atomic mass is 10.0. The quantitative estimate of drug-likeness (QED) is 0.760. The van der Waals surface area contributed by atoms with E-state index in [1.807, 2.05) is 4.90 Å². The molecule has 30 heavy (non-hydrogen) atoms. The van der Waals surface area contributed by atoms with Crippen molar-refractivity contribution in [1.29, 1.82) is 0 Å². The summed E-state index contributed by atoms with van der Waals surface area (Å²) in [5.41, 5.74) is 0.306. The zero-order chi connectivity index (χ0) is 21.7. The summed E-state index contributed by atoms with van der Waals surface area (Å²) in [6, 6.07) is 4.86. The number of halogens is 3. The van der Waals surface area contributed by atoms with Gasteiger partial charge in [-0.3, -0.25) is 10.00 Å². The highest BCUT2D eigenvalue weighted by Crippen LogP contribution is 2.39. The Morgan fingerprint density at radius 2 is 1.73 bits per heavy atom. The summed E-state index contributed by atoms with van der Waals surface area (Å²) in [5, 5.41) is 6.72. The van der Waals surface area contributed by atoms with Crippen LogP contribution in [0.4, 0.5) is 13.2 Å². The first kappa shape index (κ1) is 21.2. The molecular weight excluding hydrogens is 419 g/mol. The third-order valence-electron chi connectivity index (χ3n) is 6.02. The molecule has 0 saturated carbocycles. The van der Waals surface area contributed by atoms with Crippen LogP contribution >= 0.6 is 0 Å². The molecule has 4 rings (SSSR count). The number of ether oxygens (including phenoxy) is 1. The second-order valence-corrected chi connectivity index (χ2v) is 10.0. The summed E-state index contributed by atoms with van der Waals surface area (Å²) in [7, 11) is -3.51. The molecule has 1 N–H and O–H groups in total. The van der Waals surface area contributed by atoms with Crippen molar-refractivity contribution in [2.24, 2.45) is 0 Å². The predicted molar refractivity (Wildman–Crippen MR) is 104 cm³/mol. The van der Waals surface area contributed by atoms with Crippen LogP contribution in [0.1, 0.15) is 42.6 Å². The Hall–Kier alpha value is -2.07. The lowest BCUT2D eigenvalue weighted by Crippen LogP contribution is -2.48. The number of H-pyrrole nitrogens is 1. The van der Waals surface area contributed by atoms with Crippen LogP contribution in [0.25, 0.3) is 0 Å². The maximum Gasteiger partial charge on any atom is 0.416 e. The number of nitrogens with one attached hydrogen (secondary N) is 1. The number of alkyl halides is 3. The number of nitrogens with zero attached hydrogens (tertiary/aromatic N) is 2. The summed E-state index contributed by atoms with van der Waals surface area (Å²) in [6.45, 7) is 3.38. The van der Waals surface area contributed by atoms with Crippen molar-refractivity contribution in [3.8, 4) is 5.75 Å². The van der Waals surface area contributed by atoms with Gasteiger partial charge in [0.25, 0.3) is 0 Å². The van der Waals surface area contributed by atoms with Gasteiger partial charge in [-0.1, -0.05) is 0 Å². The van der Waals surface area contributed by atoms with E-state index >= 15 is 0 Å². The van der Waals surface area contributed by atoms with E-state index < -0.39 is 21.6 Å². The van der Waals surface area contributed by atoms with Crippen molar-refractivity contribution in [3.63, 3.8) is 0 Å². The van der Waals surface area contributed by atoms with Crippen molar-refractivity contribution in [2.45, 2.75) is 68.8 Å². The number of sulfone groups is 1. The molecule has 0 unspecified atom stereocenters. The van der Waals surface area contributed by atoms with Crippen LogP contribution in [0.5, 0.6) is 5.75 Å². The molecule has 2 fully saturated rings. The second-order valence-electron chi connectivity index (χ2n) is 8.14. The topological polar surface area (TPSA) is 75.3 Å². The minimum atomic E-state index is -4.37. The lowest BCUT2D eigenvalue weighted by molar-refractivity contribution is -0.137. The smallest absolute Gasteiger partial charge is 0.416 e. The van der Waals surface area contributed by atoms with E-state index in [0.717, 1.165) is 25.0 Å². The van der Waals surface area contributed by atoms with E-state index in [1.165, 1.54) is 12.1 Å². The van der Waals surface area contributed by atoms with Gasteiger partial charge in [0.05, 0.1) is 17.0 Å². The molecule has 2 bridgehead atoms. The number of piperidine rings is 1. The Morgan fingerprint density at radius 1 is 1.13 bits per heavy atom. The van der Waals surface area contributed by atoms with Gasteiger partial charge in [0.15, 0.2) is 9.84 Å². The van der Waals surface area contributed by atoms with E-state index in [-0.39, 0.29) is 29.0 Å². The molecule has 0 radical (unpaired) electrons. The van der Waals surface area contributed by atoms with Crippen LogP contribution in [0, 0.1) is 13.8 Å². The second kappa shape index (κ2) is 7.56. The summed E-state index contributed by atoms with van der Waals surface area (Å²) in [4.78, 5) is 2.30. The largest absolute Gasteiger partial charge is 0.490 e. The van der Waals surface area contributed by atoms with Gasteiger partial charge in [0.2, 0.25) is 0 Å². The number of hydrogen-bond donors (Lipinski definition) is 1. The number of rotatable bonds is 5. The Morgan fingerprint density at radius 3 is 2.23 bits per heavy atom. The van der Waals surface area contributed by atoms with Crippen LogP contribution in [0.2, 0.25) is 0 Å². The summed E-state index contributed by atoms with van der Waals surface area (Å²) >= 11 is 0. The average molecular weight is 443 g/mol. The highest BCUT2D eigenvalue weighted by Gasteiger charge is 2.44. The zero-order valence-electron chi connectivity index (χ0n) is 16.7. The van der Waals surface area contributed by atoms with Crippen LogP contribution in [-0.2, 0) is 16.0 Å². The van der Waals surface area contributed by atoms with Gasteiger partial charge in [-0.2, -0.15) is 18.3 Å². The van der Waals surface area contributed by atoms with Crippen molar-refractivity contribution in [3.05, 3.63) is 41.2 Å². The molecule has 1 aromatic carbocycles. The van der Waals surface area contributed by atoms with E-state index in [2.05, 4.69) is 10.2 Å². The predicted octanol–water partition coefficient (Wildman–Crippen LogP) is 3.85. The first-order valence-electron chi connectivity index (χ1n) is 9.88. The molecule has 3 atom stereocenters. The number of aromatic amines is 1. The minimum Gasteiger partial charge on any atom is -0.490 e. The van der Waals surface area contributed by atoms with Gasteiger partial charge in [-0.15, -0.1) is 0 Å². The SMILES string of the molecule is Cc1n[nH]c(C)c1S(=O)(=O)CN1[C@@H]2CC[C@H]1C[C@H](Oc1ccc(C(F)(F)F)cc1)C2. The molecule has 2 aliphatic rings. The van der Waals surface area contributed by atoms with Gasteiger partial charge in [0.1, 0.15) is 22.6 Å². The first-order valence-corrected chi connectivity index (χ1v) is 11.5. The van der Waals surface area contributed by atoms with Crippen LogP contribution in [0.15, 0.2) is 29.2 Å². The number of aromatic nitrogens is 2. The number of hydrogen-bond acceptors (Lipinski definition) is 5. The third-order valence-corrected chi connectivity index (χ3v) is 7.88. The monoisotopic (exact) mass is 443 g/mol. The highest BCUT2D eigenvalue weighted by atomic mass is 32.2. The minimum absolute atomic E-state index is 0.0590. The fraction of sp³-hybridized carbons (Fsp3) is 0.550. The Bertz CT molecular complexity index is 985. The van der Waals surface area contributed by atoms with Crippen LogP contribution in [0.3, 0.4) is 0 Å². The molecule has 0 spiro atoms. The van der Waals surface area contributed by atoms with E-state index in [4.69, 9.17) is 4.74 Å². The average Bonchev–Trinajstić information content (AvgIpc) is 3.09. The molecule has 2 saturated heterocycles. The van der Waals surface area contributed by atoms with E-state index in [1.54, 1.807) is 13.8 Å². The molecule has 0 amide bonds. The fourth-order valence-electron chi connectivity index (χ4n) is 4.71. The Balaban J connectivity index is 1.42. The Labute approximate surface area is 173 Å². The standard InChI is InChI=1S/C20H24F3N3O3S/c1-12-19(13(2)25-24-12)30(27,28)11-26-15-5-6-16(26)10-18(9-15)29-17-7-3-14(4-8-17)20(21,22)23/h3-4,7-8,15-16,18H,5-6,9-11H2,1-2H3,(H,24,25)/t15-,16+,18-. The van der Waals surface area contributed by atoms with E-state index in [0.29, 0.717) is 30.0 Å². The van der Waals surface area contributed by atoms with Gasteiger partial charge >= 0.3 is 6.18 Å². The fourth-order valence-corrected chi connectivity index (χ4v) is 6.66. The molecule has 3 heterocycles. The van der Waals surface area contributed by atoms with Crippen molar-refractivity contribution in [1.82, 2.24) is 15.1 Å². The number of fused-ring (bicyclic) bond motifs is 2. The maximum absolute atomic E-state index is 13.0. The summed E-state index contributed by atoms with van der Waals surface area (Å²) in [5.74, 6) is 0.342. The number of benzene rings is 1. The summed E-state index contributed by atoms with van der Waals surface area (Å²) in [6.07, 6.45) is -1.45. The van der Waals surface area contributed by atoms with Gasteiger partial charge < -0.3 is 4.74 Å². The molecule has 0 aliphatic carbocycles. The van der Waals surface area contributed by atoms with Gasteiger partial charge in [-0.25, -0.2) is 8.42 Å².